The molecule has 8 heavy (non-hydrogen) atoms. The summed E-state index contributed by atoms with van der Waals surface area (Å²) in [6.45, 7) is 2.03. The maximum atomic E-state index is 9.63. The van der Waals surface area contributed by atoms with E-state index in [9.17, 15) is 4.79 Å². The van der Waals surface area contributed by atoms with E-state index in [0.717, 1.165) is 0 Å². The second kappa shape index (κ2) is 6.96. The summed E-state index contributed by atoms with van der Waals surface area (Å²) in [5.41, 5.74) is 0. The van der Waals surface area contributed by atoms with Gasteiger partial charge in [0.05, 0.1) is 0 Å². The van der Waals surface area contributed by atoms with Crippen molar-refractivity contribution in [2.75, 3.05) is 13.2 Å². The predicted molar refractivity (Wildman–Crippen MR) is 24.1 cm³/mol. The third-order valence-electron chi connectivity index (χ3n) is 0.430. The minimum atomic E-state index is -0.915. The molecule has 48 valence electrons. The molecule has 0 bridgehead atoms. The monoisotopic (exact) mass is 156 g/mol. The van der Waals surface area contributed by atoms with Crippen LogP contribution in [0, 0.1) is 0 Å². The van der Waals surface area contributed by atoms with E-state index in [1.165, 1.54) is 0 Å². The second-order valence-electron chi connectivity index (χ2n) is 1.03. The van der Waals surface area contributed by atoms with E-state index in [0.29, 0.717) is 6.61 Å². The van der Waals surface area contributed by atoms with Gasteiger partial charge in [-0.25, -0.2) is 4.79 Å². The molecule has 0 fully saturated rings. The van der Waals surface area contributed by atoms with Crippen molar-refractivity contribution >= 4 is 5.97 Å². The molecule has 0 heterocycles. The van der Waals surface area contributed by atoms with E-state index in [1.807, 2.05) is 0 Å². The summed E-state index contributed by atoms with van der Waals surface area (Å²) in [6, 6.07) is 0. The van der Waals surface area contributed by atoms with Gasteiger partial charge in [0.2, 0.25) is 0 Å². The standard InChI is InChI=1S/C4H8O3.Cr/c1-2-7-3-4(5)6;/h2-3H2,1H3,(H,5,6);. The Morgan fingerprint density at radius 1 is 1.75 bits per heavy atom. The van der Waals surface area contributed by atoms with Crippen LogP contribution in [-0.2, 0) is 26.9 Å². The van der Waals surface area contributed by atoms with Crippen molar-refractivity contribution in [1.29, 1.82) is 0 Å². The Morgan fingerprint density at radius 2 is 2.25 bits per heavy atom. The van der Waals surface area contributed by atoms with Gasteiger partial charge >= 0.3 is 5.97 Å². The Bertz CT molecular complexity index is 64.3. The summed E-state index contributed by atoms with van der Waals surface area (Å²) in [6.07, 6.45) is 0. The molecule has 0 aliphatic rings. The molecule has 0 aliphatic heterocycles. The zero-order valence-corrected chi connectivity index (χ0v) is 5.86. The zero-order chi connectivity index (χ0) is 5.70. The van der Waals surface area contributed by atoms with Gasteiger partial charge in [-0.15, -0.1) is 0 Å². The van der Waals surface area contributed by atoms with Crippen LogP contribution in [0.5, 0.6) is 0 Å². The number of aliphatic carboxylic acids is 1. The number of carbonyl (C=O) groups is 1. The predicted octanol–water partition coefficient (Wildman–Crippen LogP) is 0.105. The van der Waals surface area contributed by atoms with Gasteiger partial charge in [0.15, 0.2) is 0 Å². The molecule has 0 aromatic rings. The molecule has 0 aromatic heterocycles. The fraction of sp³-hybridized carbons (Fsp3) is 0.750. The molecule has 0 aromatic carbocycles. The first-order chi connectivity index (χ1) is 3.27. The number of ether oxygens (including phenoxy) is 1. The number of carboxylic acid groups (broad SMARTS) is 1. The zero-order valence-electron chi connectivity index (χ0n) is 4.59. The smallest absolute Gasteiger partial charge is 0.329 e. The first kappa shape index (κ1) is 10.9. The van der Waals surface area contributed by atoms with Crippen molar-refractivity contribution in [3.05, 3.63) is 0 Å². The maximum absolute atomic E-state index is 9.63. The third-order valence-corrected chi connectivity index (χ3v) is 0.430. The Morgan fingerprint density at radius 3 is 2.38 bits per heavy atom. The van der Waals surface area contributed by atoms with E-state index < -0.39 is 5.97 Å². The van der Waals surface area contributed by atoms with Crippen LogP contribution >= 0.6 is 0 Å². The minimum absolute atomic E-state index is 0. The van der Waals surface area contributed by atoms with E-state index in [1.54, 1.807) is 6.92 Å². The summed E-state index contributed by atoms with van der Waals surface area (Å²) in [4.78, 5) is 9.63. The molecule has 4 heteroatoms. The SMILES string of the molecule is CCOCC(=O)O.[Cr]. The molecule has 0 amide bonds. The number of hydrogen-bond acceptors (Lipinski definition) is 2. The Labute approximate surface area is 58.8 Å². The van der Waals surface area contributed by atoms with Gasteiger partial charge in [-0.2, -0.15) is 0 Å². The number of hydrogen-bond donors (Lipinski definition) is 1. The molecule has 3 nitrogen and oxygen atoms in total. The normalized spacial score (nSPS) is 7.62. The van der Waals surface area contributed by atoms with Crippen molar-refractivity contribution in [2.24, 2.45) is 0 Å². The van der Waals surface area contributed by atoms with Crippen molar-refractivity contribution < 1.29 is 32.0 Å². The van der Waals surface area contributed by atoms with Crippen LogP contribution in [0.15, 0.2) is 0 Å². The summed E-state index contributed by atoms with van der Waals surface area (Å²) < 4.78 is 4.50. The summed E-state index contributed by atoms with van der Waals surface area (Å²) in [5.74, 6) is -0.915. The van der Waals surface area contributed by atoms with Gasteiger partial charge in [0.25, 0.3) is 0 Å². The fourth-order valence-electron chi connectivity index (χ4n) is 0.189. The summed E-state index contributed by atoms with van der Waals surface area (Å²) in [7, 11) is 0. The minimum Gasteiger partial charge on any atom is -0.480 e. The largest absolute Gasteiger partial charge is 0.480 e. The maximum Gasteiger partial charge on any atom is 0.329 e. The molecular weight excluding hydrogens is 148 g/mol. The molecule has 0 unspecified atom stereocenters. The van der Waals surface area contributed by atoms with Gasteiger partial charge in [-0.1, -0.05) is 0 Å². The Hall–Kier alpha value is -0.0375. The van der Waals surface area contributed by atoms with Crippen molar-refractivity contribution in [1.82, 2.24) is 0 Å². The molecule has 0 rings (SSSR count). The van der Waals surface area contributed by atoms with Gasteiger partial charge in [0, 0.05) is 24.0 Å². The van der Waals surface area contributed by atoms with Crippen molar-refractivity contribution in [2.45, 2.75) is 6.92 Å². The Balaban J connectivity index is 0. The van der Waals surface area contributed by atoms with Gasteiger partial charge in [-0.3, -0.25) is 0 Å². The molecule has 0 saturated carbocycles. The van der Waals surface area contributed by atoms with Gasteiger partial charge in [0.1, 0.15) is 6.61 Å². The van der Waals surface area contributed by atoms with Gasteiger partial charge in [-0.05, 0) is 6.92 Å². The molecule has 0 atom stereocenters. The van der Waals surface area contributed by atoms with Crippen LogP contribution < -0.4 is 0 Å². The molecule has 1 N–H and O–H groups in total. The fourth-order valence-corrected chi connectivity index (χ4v) is 0.189. The van der Waals surface area contributed by atoms with Crippen LogP contribution in [0.2, 0.25) is 0 Å². The van der Waals surface area contributed by atoms with E-state index in [-0.39, 0.29) is 24.0 Å². The third kappa shape index (κ3) is 9.35. The van der Waals surface area contributed by atoms with E-state index >= 15 is 0 Å². The van der Waals surface area contributed by atoms with Crippen molar-refractivity contribution in [3.8, 4) is 0 Å². The summed E-state index contributed by atoms with van der Waals surface area (Å²) in [5, 5.41) is 7.92. The quantitative estimate of drug-likeness (QED) is 0.630. The van der Waals surface area contributed by atoms with Crippen LogP contribution in [0.3, 0.4) is 0 Å². The first-order valence-electron chi connectivity index (χ1n) is 2.07. The van der Waals surface area contributed by atoms with Crippen LogP contribution in [0.4, 0.5) is 0 Å². The number of rotatable bonds is 3. The topological polar surface area (TPSA) is 46.5 Å². The molecule has 0 radical (unpaired) electrons. The van der Waals surface area contributed by atoms with Crippen molar-refractivity contribution in [3.63, 3.8) is 0 Å². The molecular formula is C4H8CrO3. The first-order valence-corrected chi connectivity index (χ1v) is 2.07. The average Bonchev–Trinajstić information content (AvgIpc) is 1.61. The molecule has 0 aliphatic carbocycles. The van der Waals surface area contributed by atoms with Crippen LogP contribution in [-0.4, -0.2) is 24.3 Å². The van der Waals surface area contributed by atoms with E-state index in [2.05, 4.69) is 4.74 Å². The summed E-state index contributed by atoms with van der Waals surface area (Å²) >= 11 is 0. The second-order valence-corrected chi connectivity index (χ2v) is 1.03. The molecule has 0 saturated heterocycles. The average molecular weight is 156 g/mol. The Kier molecular flexibility index (Phi) is 9.45. The van der Waals surface area contributed by atoms with Gasteiger partial charge < -0.3 is 9.84 Å². The molecule has 0 spiro atoms. The van der Waals surface area contributed by atoms with E-state index in [4.69, 9.17) is 5.11 Å². The number of carboxylic acids is 1. The van der Waals surface area contributed by atoms with Crippen LogP contribution in [0.25, 0.3) is 0 Å². The van der Waals surface area contributed by atoms with Crippen LogP contribution in [0.1, 0.15) is 6.92 Å².